The van der Waals surface area contributed by atoms with Gasteiger partial charge in [0.1, 0.15) is 0 Å². The number of anilines is 2. The predicted molar refractivity (Wildman–Crippen MR) is 62.1 cm³/mol. The molecule has 3 nitrogen and oxygen atoms in total. The van der Waals surface area contributed by atoms with E-state index < -0.39 is 0 Å². The van der Waals surface area contributed by atoms with Crippen molar-refractivity contribution in [2.24, 2.45) is 0 Å². The maximum absolute atomic E-state index is 5.82. The van der Waals surface area contributed by atoms with Crippen LogP contribution in [0.1, 0.15) is 12.8 Å². The van der Waals surface area contributed by atoms with Gasteiger partial charge < -0.3 is 11.1 Å². The quantitative estimate of drug-likeness (QED) is 0.797. The number of nitrogens with one attached hydrogen (secondary N) is 1. The van der Waals surface area contributed by atoms with Crippen LogP contribution in [-0.4, -0.2) is 11.0 Å². The Kier molecular flexibility index (Phi) is 2.72. The second kappa shape index (κ2) is 4.00. The van der Waals surface area contributed by atoms with Gasteiger partial charge >= 0.3 is 0 Å². The number of nitrogens with zero attached hydrogens (tertiary/aromatic N) is 1. The summed E-state index contributed by atoms with van der Waals surface area (Å²) in [6.45, 7) is 0. The first kappa shape index (κ1) is 9.52. The highest BCUT2D eigenvalue weighted by atomic mass is 79.9. The maximum Gasteiger partial charge on any atom is 0.0752 e. The fraction of sp³-hybridized carbons (Fsp3) is 0.300. The van der Waals surface area contributed by atoms with Gasteiger partial charge in [0.25, 0.3) is 0 Å². The Balaban J connectivity index is 2.15. The average Bonchev–Trinajstić information content (AvgIpc) is 2.64. The molecule has 0 radical (unpaired) electrons. The average molecular weight is 254 g/mol. The van der Waals surface area contributed by atoms with Crippen LogP contribution >= 0.6 is 15.9 Å². The monoisotopic (exact) mass is 253 g/mol. The molecular formula is C10H12BrN3. The van der Waals surface area contributed by atoms with E-state index in [1.54, 1.807) is 12.4 Å². The normalized spacial score (nSPS) is 16.1. The Morgan fingerprint density at radius 2 is 2.07 bits per heavy atom. The third kappa shape index (κ3) is 1.90. The van der Waals surface area contributed by atoms with Crippen molar-refractivity contribution in [1.29, 1.82) is 0 Å². The highest BCUT2D eigenvalue weighted by Crippen LogP contribution is 2.29. The van der Waals surface area contributed by atoms with Crippen molar-refractivity contribution in [1.82, 2.24) is 4.98 Å². The summed E-state index contributed by atoms with van der Waals surface area (Å²) in [5.41, 5.74) is 7.46. The molecule has 3 N–H and O–H groups in total. The van der Waals surface area contributed by atoms with E-state index >= 15 is 0 Å². The number of nitrogens with two attached hydrogens (primary N) is 1. The first-order valence-corrected chi connectivity index (χ1v) is 5.37. The molecule has 4 heteroatoms. The molecule has 0 atom stereocenters. The van der Waals surface area contributed by atoms with Crippen LogP contribution in [0.2, 0.25) is 0 Å². The number of aromatic nitrogens is 1. The van der Waals surface area contributed by atoms with Gasteiger partial charge in [-0.1, -0.05) is 12.2 Å². The van der Waals surface area contributed by atoms with Crippen molar-refractivity contribution in [2.45, 2.75) is 18.9 Å². The molecule has 0 spiro atoms. The lowest BCUT2D eigenvalue weighted by Crippen LogP contribution is -2.16. The highest BCUT2D eigenvalue weighted by Gasteiger charge is 2.13. The van der Waals surface area contributed by atoms with Gasteiger partial charge in [-0.15, -0.1) is 0 Å². The van der Waals surface area contributed by atoms with Gasteiger partial charge in [-0.25, -0.2) is 0 Å². The molecule has 0 aromatic carbocycles. The summed E-state index contributed by atoms with van der Waals surface area (Å²) in [4.78, 5) is 3.99. The molecule has 14 heavy (non-hydrogen) atoms. The molecule has 1 aromatic rings. The standard InChI is InChI=1S/C10H12BrN3/c11-8-5-13-6-9(12)10(8)14-7-3-1-2-4-7/h1-2,5-7H,3-4,12H2,(H,13,14). The zero-order valence-electron chi connectivity index (χ0n) is 7.70. The summed E-state index contributed by atoms with van der Waals surface area (Å²) in [7, 11) is 0. The summed E-state index contributed by atoms with van der Waals surface area (Å²) in [6, 6.07) is 0.469. The van der Waals surface area contributed by atoms with Crippen LogP contribution in [0.4, 0.5) is 11.4 Å². The largest absolute Gasteiger partial charge is 0.396 e. The second-order valence-corrected chi connectivity index (χ2v) is 4.22. The minimum absolute atomic E-state index is 0.469. The number of hydrogen-bond acceptors (Lipinski definition) is 3. The fourth-order valence-corrected chi connectivity index (χ4v) is 2.00. The predicted octanol–water partition coefficient (Wildman–Crippen LogP) is 2.56. The van der Waals surface area contributed by atoms with Gasteiger partial charge in [-0.05, 0) is 28.8 Å². The summed E-state index contributed by atoms with van der Waals surface area (Å²) in [5.74, 6) is 0. The molecule has 0 saturated heterocycles. The first-order chi connectivity index (χ1) is 6.77. The Labute approximate surface area is 91.5 Å². The van der Waals surface area contributed by atoms with Crippen molar-refractivity contribution in [3.05, 3.63) is 29.0 Å². The molecule has 1 aromatic heterocycles. The van der Waals surface area contributed by atoms with Gasteiger partial charge in [0.2, 0.25) is 0 Å². The smallest absolute Gasteiger partial charge is 0.0752 e. The Hall–Kier alpha value is -1.03. The molecule has 1 aliphatic rings. The Morgan fingerprint density at radius 3 is 2.71 bits per heavy atom. The molecule has 1 heterocycles. The van der Waals surface area contributed by atoms with E-state index in [4.69, 9.17) is 5.73 Å². The lowest BCUT2D eigenvalue weighted by atomic mass is 10.2. The third-order valence-corrected chi connectivity index (χ3v) is 2.89. The molecule has 0 unspecified atom stereocenters. The van der Waals surface area contributed by atoms with Gasteiger partial charge in [-0.2, -0.15) is 0 Å². The van der Waals surface area contributed by atoms with E-state index in [2.05, 4.69) is 38.4 Å². The number of rotatable bonds is 2. The molecule has 1 aliphatic carbocycles. The number of pyridine rings is 1. The van der Waals surface area contributed by atoms with Gasteiger partial charge in [0.05, 0.1) is 22.0 Å². The summed E-state index contributed by atoms with van der Waals surface area (Å²) >= 11 is 3.43. The van der Waals surface area contributed by atoms with Gasteiger partial charge in [0.15, 0.2) is 0 Å². The number of hydrogen-bond donors (Lipinski definition) is 2. The van der Waals surface area contributed by atoms with Gasteiger partial charge in [0, 0.05) is 12.2 Å². The molecule has 2 rings (SSSR count). The molecule has 0 fully saturated rings. The topological polar surface area (TPSA) is 50.9 Å². The molecule has 0 aliphatic heterocycles. The van der Waals surface area contributed by atoms with Crippen molar-refractivity contribution < 1.29 is 0 Å². The van der Waals surface area contributed by atoms with Crippen molar-refractivity contribution in [3.63, 3.8) is 0 Å². The molecular weight excluding hydrogens is 242 g/mol. The van der Waals surface area contributed by atoms with Crippen LogP contribution in [0, 0.1) is 0 Å². The van der Waals surface area contributed by atoms with E-state index in [1.807, 2.05) is 0 Å². The van der Waals surface area contributed by atoms with Crippen molar-refractivity contribution in [2.75, 3.05) is 11.1 Å². The number of halogens is 1. The molecule has 74 valence electrons. The molecule has 0 bridgehead atoms. The van der Waals surface area contributed by atoms with E-state index in [0.717, 1.165) is 23.0 Å². The zero-order valence-corrected chi connectivity index (χ0v) is 9.29. The maximum atomic E-state index is 5.82. The highest BCUT2D eigenvalue weighted by molar-refractivity contribution is 9.10. The zero-order chi connectivity index (χ0) is 9.97. The Morgan fingerprint density at radius 1 is 1.36 bits per heavy atom. The molecule has 0 saturated carbocycles. The SMILES string of the molecule is Nc1cncc(Br)c1NC1CC=CC1. The Bertz CT molecular complexity index is 334. The van der Waals surface area contributed by atoms with Crippen LogP contribution in [0.3, 0.4) is 0 Å². The van der Waals surface area contributed by atoms with E-state index in [0.29, 0.717) is 11.7 Å². The summed E-state index contributed by atoms with van der Waals surface area (Å²) in [6.07, 6.45) is 9.91. The van der Waals surface area contributed by atoms with Crippen LogP contribution in [0.25, 0.3) is 0 Å². The fourth-order valence-electron chi connectivity index (χ4n) is 1.54. The van der Waals surface area contributed by atoms with E-state index in [9.17, 15) is 0 Å². The lowest BCUT2D eigenvalue weighted by molar-refractivity contribution is 0.786. The van der Waals surface area contributed by atoms with E-state index in [1.165, 1.54) is 0 Å². The lowest BCUT2D eigenvalue weighted by Gasteiger charge is -2.16. The van der Waals surface area contributed by atoms with Crippen LogP contribution in [0.5, 0.6) is 0 Å². The second-order valence-electron chi connectivity index (χ2n) is 3.37. The number of nitrogen functional groups attached to an aromatic ring is 1. The molecule has 0 amide bonds. The van der Waals surface area contributed by atoms with Crippen LogP contribution < -0.4 is 11.1 Å². The minimum atomic E-state index is 0.469. The van der Waals surface area contributed by atoms with Crippen molar-refractivity contribution in [3.8, 4) is 0 Å². The van der Waals surface area contributed by atoms with Gasteiger partial charge in [-0.3, -0.25) is 4.98 Å². The van der Waals surface area contributed by atoms with Crippen molar-refractivity contribution >= 4 is 27.3 Å². The van der Waals surface area contributed by atoms with E-state index in [-0.39, 0.29) is 0 Å². The minimum Gasteiger partial charge on any atom is -0.396 e. The summed E-state index contributed by atoms with van der Waals surface area (Å²) in [5, 5.41) is 3.40. The first-order valence-electron chi connectivity index (χ1n) is 4.58. The summed E-state index contributed by atoms with van der Waals surface area (Å²) < 4.78 is 0.921. The third-order valence-electron chi connectivity index (χ3n) is 2.29. The van der Waals surface area contributed by atoms with Crippen LogP contribution in [0.15, 0.2) is 29.0 Å². The van der Waals surface area contributed by atoms with Crippen LogP contribution in [-0.2, 0) is 0 Å².